The zero-order chi connectivity index (χ0) is 16.1. The summed E-state index contributed by atoms with van der Waals surface area (Å²) in [6, 6.07) is 0.0844. The Balaban J connectivity index is 1.62. The number of hydrogen-bond acceptors (Lipinski definition) is 5. The normalized spacial score (nSPS) is 18.1. The van der Waals surface area contributed by atoms with Gasteiger partial charge in [-0.3, -0.25) is 14.8 Å². The molecule has 0 unspecified atom stereocenters. The van der Waals surface area contributed by atoms with Crippen LogP contribution in [0.1, 0.15) is 17.8 Å². The van der Waals surface area contributed by atoms with E-state index in [0.29, 0.717) is 26.3 Å². The molecule has 1 amide bonds. The van der Waals surface area contributed by atoms with E-state index in [1.165, 1.54) is 0 Å². The van der Waals surface area contributed by atoms with Crippen LogP contribution in [0.4, 0.5) is 0 Å². The minimum atomic E-state index is 0.0844. The second kappa shape index (κ2) is 7.32. The van der Waals surface area contributed by atoms with Crippen molar-refractivity contribution < 1.29 is 9.53 Å². The molecule has 0 bridgehead atoms. The van der Waals surface area contributed by atoms with E-state index in [0.717, 1.165) is 24.2 Å². The fourth-order valence-corrected chi connectivity index (χ4v) is 2.83. The number of aryl methyl sites for hydroxylation is 2. The van der Waals surface area contributed by atoms with Crippen LogP contribution in [0.2, 0.25) is 0 Å². The van der Waals surface area contributed by atoms with Crippen LogP contribution in [0.15, 0.2) is 31.1 Å². The topological polar surface area (TPSA) is 73.1 Å². The predicted octanol–water partition coefficient (Wildman–Crippen LogP) is 0.842. The molecule has 1 atom stereocenters. The molecule has 3 rings (SSSR count). The van der Waals surface area contributed by atoms with Crippen molar-refractivity contribution in [2.45, 2.75) is 32.4 Å². The van der Waals surface area contributed by atoms with E-state index in [1.54, 1.807) is 35.7 Å². The number of morpholine rings is 1. The molecular weight excluding hydrogens is 294 g/mol. The van der Waals surface area contributed by atoms with Crippen molar-refractivity contribution in [1.29, 1.82) is 0 Å². The van der Waals surface area contributed by atoms with E-state index in [1.807, 2.05) is 11.8 Å². The zero-order valence-electron chi connectivity index (χ0n) is 13.3. The molecule has 1 saturated heterocycles. The minimum Gasteiger partial charge on any atom is -0.377 e. The molecule has 1 fully saturated rings. The van der Waals surface area contributed by atoms with Crippen molar-refractivity contribution in [3.63, 3.8) is 0 Å². The van der Waals surface area contributed by atoms with Crippen molar-refractivity contribution >= 4 is 5.91 Å². The molecule has 1 aliphatic rings. The number of nitrogens with zero attached hydrogens (tertiary/aromatic N) is 5. The summed E-state index contributed by atoms with van der Waals surface area (Å²) >= 11 is 0. The van der Waals surface area contributed by atoms with E-state index in [4.69, 9.17) is 4.74 Å². The molecule has 7 nitrogen and oxygen atoms in total. The standard InChI is InChI=1S/C16H21N5O2/c1-13-15(19-5-4-18-13)3-2-14-11-23-9-8-21(14)16(22)10-20-7-6-17-12-20/h4-7,12,14H,2-3,8-11H2,1H3/t14-/m1/s1. The molecule has 0 N–H and O–H groups in total. The Bertz CT molecular complexity index is 644. The third-order valence-corrected chi connectivity index (χ3v) is 4.12. The zero-order valence-corrected chi connectivity index (χ0v) is 13.3. The summed E-state index contributed by atoms with van der Waals surface area (Å²) in [5.41, 5.74) is 1.93. The number of amides is 1. The fraction of sp³-hybridized carbons (Fsp3) is 0.500. The number of rotatable bonds is 5. The van der Waals surface area contributed by atoms with Gasteiger partial charge in [0.15, 0.2) is 0 Å². The van der Waals surface area contributed by atoms with E-state index < -0.39 is 0 Å². The number of ether oxygens (including phenoxy) is 1. The quantitative estimate of drug-likeness (QED) is 0.817. The van der Waals surface area contributed by atoms with Crippen molar-refractivity contribution in [3.8, 4) is 0 Å². The van der Waals surface area contributed by atoms with Gasteiger partial charge in [-0.15, -0.1) is 0 Å². The maximum absolute atomic E-state index is 12.5. The number of aromatic nitrogens is 4. The highest BCUT2D eigenvalue weighted by Gasteiger charge is 2.27. The van der Waals surface area contributed by atoms with Gasteiger partial charge in [-0.2, -0.15) is 0 Å². The van der Waals surface area contributed by atoms with Crippen molar-refractivity contribution in [1.82, 2.24) is 24.4 Å². The SMILES string of the molecule is Cc1nccnc1CC[C@@H]1COCCN1C(=O)Cn1ccnc1. The van der Waals surface area contributed by atoms with Crippen molar-refractivity contribution in [2.24, 2.45) is 0 Å². The average molecular weight is 315 g/mol. The van der Waals surface area contributed by atoms with Crippen LogP contribution in [-0.4, -0.2) is 56.1 Å². The Morgan fingerprint density at radius 2 is 2.22 bits per heavy atom. The Kier molecular flexibility index (Phi) is 4.97. The molecule has 0 radical (unpaired) electrons. The van der Waals surface area contributed by atoms with Crippen molar-refractivity contribution in [3.05, 3.63) is 42.5 Å². The monoisotopic (exact) mass is 315 g/mol. The van der Waals surface area contributed by atoms with Gasteiger partial charge in [-0.25, -0.2) is 4.98 Å². The summed E-state index contributed by atoms with van der Waals surface area (Å²) in [5.74, 6) is 0.104. The molecule has 23 heavy (non-hydrogen) atoms. The summed E-state index contributed by atoms with van der Waals surface area (Å²) < 4.78 is 7.36. The summed E-state index contributed by atoms with van der Waals surface area (Å²) in [6.45, 7) is 4.09. The van der Waals surface area contributed by atoms with Gasteiger partial charge in [-0.05, 0) is 19.8 Å². The van der Waals surface area contributed by atoms with Crippen LogP contribution < -0.4 is 0 Å². The van der Waals surface area contributed by atoms with E-state index in [2.05, 4.69) is 15.0 Å². The third kappa shape index (κ3) is 3.92. The summed E-state index contributed by atoms with van der Waals surface area (Å²) in [5, 5.41) is 0. The second-order valence-electron chi connectivity index (χ2n) is 5.68. The lowest BCUT2D eigenvalue weighted by atomic mass is 10.1. The van der Waals surface area contributed by atoms with Gasteiger partial charge in [0.05, 0.1) is 37.0 Å². The second-order valence-corrected chi connectivity index (χ2v) is 5.68. The Morgan fingerprint density at radius 3 is 3.00 bits per heavy atom. The molecule has 1 aliphatic heterocycles. The minimum absolute atomic E-state index is 0.0844. The third-order valence-electron chi connectivity index (χ3n) is 4.12. The van der Waals surface area contributed by atoms with Crippen LogP contribution in [0.5, 0.6) is 0 Å². The van der Waals surface area contributed by atoms with Gasteiger partial charge >= 0.3 is 0 Å². The van der Waals surface area contributed by atoms with Gasteiger partial charge in [0.2, 0.25) is 5.91 Å². The maximum atomic E-state index is 12.5. The first kappa shape index (κ1) is 15.6. The Morgan fingerprint density at radius 1 is 1.35 bits per heavy atom. The van der Waals surface area contributed by atoms with Gasteiger partial charge in [0.1, 0.15) is 6.54 Å². The smallest absolute Gasteiger partial charge is 0.242 e. The van der Waals surface area contributed by atoms with E-state index in [9.17, 15) is 4.79 Å². The van der Waals surface area contributed by atoms with Gasteiger partial charge in [0, 0.05) is 31.3 Å². The largest absolute Gasteiger partial charge is 0.377 e. The molecule has 122 valence electrons. The summed E-state index contributed by atoms with van der Waals surface area (Å²) in [6.07, 6.45) is 10.2. The van der Waals surface area contributed by atoms with Gasteiger partial charge in [-0.1, -0.05) is 0 Å². The predicted molar refractivity (Wildman–Crippen MR) is 83.6 cm³/mol. The molecule has 2 aromatic heterocycles. The van der Waals surface area contributed by atoms with Crippen LogP contribution in [0.3, 0.4) is 0 Å². The number of carbonyl (C=O) groups excluding carboxylic acids is 1. The lowest BCUT2D eigenvalue weighted by Crippen LogP contribution is -2.49. The maximum Gasteiger partial charge on any atom is 0.242 e. The first-order valence-corrected chi connectivity index (χ1v) is 7.83. The van der Waals surface area contributed by atoms with Crippen molar-refractivity contribution in [2.75, 3.05) is 19.8 Å². The van der Waals surface area contributed by atoms with Gasteiger partial charge < -0.3 is 14.2 Å². The summed E-state index contributed by atoms with van der Waals surface area (Å²) in [4.78, 5) is 27.1. The van der Waals surface area contributed by atoms with Crippen LogP contribution >= 0.6 is 0 Å². The lowest BCUT2D eigenvalue weighted by molar-refractivity contribution is -0.140. The Labute approximate surface area is 135 Å². The molecule has 2 aromatic rings. The number of carbonyl (C=O) groups is 1. The number of imidazole rings is 1. The van der Waals surface area contributed by atoms with Crippen LogP contribution in [0.25, 0.3) is 0 Å². The number of hydrogen-bond donors (Lipinski definition) is 0. The van der Waals surface area contributed by atoms with Gasteiger partial charge in [0.25, 0.3) is 0 Å². The molecule has 3 heterocycles. The molecule has 0 aromatic carbocycles. The summed E-state index contributed by atoms with van der Waals surface area (Å²) in [7, 11) is 0. The first-order valence-electron chi connectivity index (χ1n) is 7.83. The molecule has 0 spiro atoms. The molecule has 0 saturated carbocycles. The Hall–Kier alpha value is -2.28. The first-order chi connectivity index (χ1) is 11.2. The average Bonchev–Trinajstić information content (AvgIpc) is 3.07. The van der Waals surface area contributed by atoms with Crippen LogP contribution in [0, 0.1) is 6.92 Å². The van der Waals surface area contributed by atoms with E-state index in [-0.39, 0.29) is 11.9 Å². The fourth-order valence-electron chi connectivity index (χ4n) is 2.83. The highest BCUT2D eigenvalue weighted by atomic mass is 16.5. The lowest BCUT2D eigenvalue weighted by Gasteiger charge is -2.35. The van der Waals surface area contributed by atoms with E-state index >= 15 is 0 Å². The molecule has 0 aliphatic carbocycles. The molecule has 7 heteroatoms. The van der Waals surface area contributed by atoms with Crippen LogP contribution in [-0.2, 0) is 22.5 Å². The highest BCUT2D eigenvalue weighted by molar-refractivity contribution is 5.76. The molecular formula is C16H21N5O2. The highest BCUT2D eigenvalue weighted by Crippen LogP contribution is 2.15.